The summed E-state index contributed by atoms with van der Waals surface area (Å²) in [6, 6.07) is 26.6. The highest BCUT2D eigenvalue weighted by Crippen LogP contribution is 2.39. The molecule has 23 heavy (non-hydrogen) atoms. The molecular formula is C20H17N3. The number of nitrogens with zero attached hydrogens (tertiary/aromatic N) is 3. The van der Waals surface area contributed by atoms with Gasteiger partial charge in [0.1, 0.15) is 5.69 Å². The topological polar surface area (TPSA) is 28.0 Å². The van der Waals surface area contributed by atoms with Crippen molar-refractivity contribution < 1.29 is 0 Å². The van der Waals surface area contributed by atoms with E-state index in [9.17, 15) is 0 Å². The van der Waals surface area contributed by atoms with E-state index in [-0.39, 0.29) is 0 Å². The Morgan fingerprint density at radius 1 is 0.652 bits per heavy atom. The fourth-order valence-electron chi connectivity index (χ4n) is 2.97. The molecule has 0 amide bonds. The average Bonchev–Trinajstić information content (AvgIpc) is 3.05. The van der Waals surface area contributed by atoms with Gasteiger partial charge in [0.2, 0.25) is 0 Å². The number of hydrogen-bond acceptors (Lipinski definition) is 3. The lowest BCUT2D eigenvalue weighted by molar-refractivity contribution is 0.995. The lowest BCUT2D eigenvalue weighted by atomic mass is 10.2. The molecule has 4 rings (SSSR count). The molecule has 0 radical (unpaired) electrons. The van der Waals surface area contributed by atoms with Crippen molar-refractivity contribution in [3.05, 3.63) is 84.4 Å². The van der Waals surface area contributed by atoms with Crippen LogP contribution in [0.1, 0.15) is 5.56 Å². The fraction of sp³-hybridized carbons (Fsp3) is 0.100. The van der Waals surface area contributed by atoms with Crippen molar-refractivity contribution in [2.24, 2.45) is 10.2 Å². The van der Waals surface area contributed by atoms with E-state index >= 15 is 0 Å². The molecule has 0 fully saturated rings. The summed E-state index contributed by atoms with van der Waals surface area (Å²) in [5, 5.41) is 8.84. The molecule has 0 N–H and O–H groups in total. The van der Waals surface area contributed by atoms with E-state index < -0.39 is 0 Å². The second-order valence-corrected chi connectivity index (χ2v) is 5.55. The molecule has 1 aliphatic heterocycles. The third-order valence-corrected chi connectivity index (χ3v) is 4.09. The second-order valence-electron chi connectivity index (χ2n) is 5.55. The van der Waals surface area contributed by atoms with Crippen LogP contribution in [0.5, 0.6) is 0 Å². The third-order valence-electron chi connectivity index (χ3n) is 4.09. The summed E-state index contributed by atoms with van der Waals surface area (Å²) in [6.07, 6.45) is 1.07. The highest BCUT2D eigenvalue weighted by Gasteiger charge is 2.21. The van der Waals surface area contributed by atoms with E-state index in [2.05, 4.69) is 51.5 Å². The van der Waals surface area contributed by atoms with E-state index in [0.29, 0.717) is 0 Å². The van der Waals surface area contributed by atoms with Gasteiger partial charge in [-0.3, -0.25) is 0 Å². The molecule has 3 aromatic rings. The van der Waals surface area contributed by atoms with Crippen molar-refractivity contribution in [3.63, 3.8) is 0 Å². The Kier molecular flexibility index (Phi) is 3.60. The first-order valence-electron chi connectivity index (χ1n) is 7.83. The minimum Gasteiger partial charge on any atom is -0.339 e. The summed E-state index contributed by atoms with van der Waals surface area (Å²) in [4.78, 5) is 2.33. The zero-order valence-corrected chi connectivity index (χ0v) is 12.8. The summed E-state index contributed by atoms with van der Waals surface area (Å²) in [5.74, 6) is 0. The molecule has 0 unspecified atom stereocenters. The van der Waals surface area contributed by atoms with Gasteiger partial charge >= 0.3 is 0 Å². The molecule has 3 heteroatoms. The van der Waals surface area contributed by atoms with Crippen LogP contribution >= 0.6 is 0 Å². The Bertz CT molecular complexity index is 840. The van der Waals surface area contributed by atoms with Crippen LogP contribution in [0.4, 0.5) is 22.7 Å². The fourth-order valence-corrected chi connectivity index (χ4v) is 2.97. The first-order valence-corrected chi connectivity index (χ1v) is 7.83. The first-order chi connectivity index (χ1) is 11.4. The molecular weight excluding hydrogens is 282 g/mol. The van der Waals surface area contributed by atoms with Gasteiger partial charge in [0.25, 0.3) is 0 Å². The van der Waals surface area contributed by atoms with E-state index in [4.69, 9.17) is 0 Å². The smallest absolute Gasteiger partial charge is 0.109 e. The maximum Gasteiger partial charge on any atom is 0.109 e. The Morgan fingerprint density at radius 2 is 1.35 bits per heavy atom. The predicted molar refractivity (Wildman–Crippen MR) is 94.2 cm³/mol. The molecule has 112 valence electrons. The largest absolute Gasteiger partial charge is 0.339 e. The number of azo groups is 1. The van der Waals surface area contributed by atoms with Gasteiger partial charge in [0, 0.05) is 12.2 Å². The molecule has 1 aliphatic rings. The lowest BCUT2D eigenvalue weighted by Crippen LogP contribution is -2.13. The van der Waals surface area contributed by atoms with Crippen LogP contribution in [-0.2, 0) is 6.42 Å². The summed E-state index contributed by atoms with van der Waals surface area (Å²) in [7, 11) is 0. The van der Waals surface area contributed by atoms with Crippen LogP contribution in [-0.4, -0.2) is 6.54 Å². The maximum atomic E-state index is 4.48. The van der Waals surface area contributed by atoms with Crippen molar-refractivity contribution >= 4 is 22.7 Å². The van der Waals surface area contributed by atoms with Crippen molar-refractivity contribution in [2.45, 2.75) is 6.42 Å². The molecule has 3 aromatic carbocycles. The van der Waals surface area contributed by atoms with Crippen LogP contribution in [0.25, 0.3) is 0 Å². The van der Waals surface area contributed by atoms with E-state index in [1.54, 1.807) is 0 Å². The van der Waals surface area contributed by atoms with Crippen LogP contribution in [0.15, 0.2) is 89.1 Å². The Hall–Kier alpha value is -2.94. The van der Waals surface area contributed by atoms with Gasteiger partial charge in [-0.25, -0.2) is 0 Å². The highest BCUT2D eigenvalue weighted by molar-refractivity contribution is 5.77. The van der Waals surface area contributed by atoms with Crippen LogP contribution in [0.3, 0.4) is 0 Å². The molecule has 0 aromatic heterocycles. The van der Waals surface area contributed by atoms with Crippen molar-refractivity contribution in [1.82, 2.24) is 0 Å². The van der Waals surface area contributed by atoms with E-state index in [0.717, 1.165) is 30.0 Å². The lowest BCUT2D eigenvalue weighted by Gasteiger charge is -2.20. The van der Waals surface area contributed by atoms with Gasteiger partial charge in [-0.05, 0) is 42.3 Å². The summed E-state index contributed by atoms with van der Waals surface area (Å²) >= 11 is 0. The highest BCUT2D eigenvalue weighted by atomic mass is 15.2. The SMILES string of the molecule is c1ccc(N=Nc2ccccc2N2CCc3ccccc32)cc1. The van der Waals surface area contributed by atoms with E-state index in [1.165, 1.54) is 11.3 Å². The first kappa shape index (κ1) is 13.7. The number of anilines is 2. The Labute approximate surface area is 135 Å². The monoisotopic (exact) mass is 299 g/mol. The number of hydrogen-bond donors (Lipinski definition) is 0. The molecule has 0 saturated carbocycles. The predicted octanol–water partition coefficient (Wildman–Crippen LogP) is 5.80. The number of fused-ring (bicyclic) bond motifs is 1. The molecule has 0 spiro atoms. The number of para-hydroxylation sites is 2. The quantitative estimate of drug-likeness (QED) is 0.562. The minimum absolute atomic E-state index is 0.865. The van der Waals surface area contributed by atoms with Gasteiger partial charge in [0.05, 0.1) is 11.4 Å². The number of benzene rings is 3. The molecule has 3 nitrogen and oxygen atoms in total. The van der Waals surface area contributed by atoms with Crippen LogP contribution in [0, 0.1) is 0 Å². The molecule has 1 heterocycles. The van der Waals surface area contributed by atoms with Crippen molar-refractivity contribution in [3.8, 4) is 0 Å². The summed E-state index contributed by atoms with van der Waals surface area (Å²) < 4.78 is 0. The second kappa shape index (κ2) is 6.05. The molecule has 0 atom stereocenters. The zero-order valence-electron chi connectivity index (χ0n) is 12.8. The van der Waals surface area contributed by atoms with Gasteiger partial charge in [-0.15, -0.1) is 5.11 Å². The van der Waals surface area contributed by atoms with E-state index in [1.807, 2.05) is 42.5 Å². The maximum absolute atomic E-state index is 4.48. The number of rotatable bonds is 3. The molecule has 0 aliphatic carbocycles. The summed E-state index contributed by atoms with van der Waals surface area (Å²) in [5.41, 5.74) is 5.53. The van der Waals surface area contributed by atoms with Crippen molar-refractivity contribution in [1.29, 1.82) is 0 Å². The zero-order chi connectivity index (χ0) is 15.5. The van der Waals surface area contributed by atoms with Gasteiger partial charge in [-0.1, -0.05) is 48.5 Å². The van der Waals surface area contributed by atoms with Gasteiger partial charge < -0.3 is 4.90 Å². The average molecular weight is 299 g/mol. The van der Waals surface area contributed by atoms with Gasteiger partial charge in [-0.2, -0.15) is 5.11 Å². The summed E-state index contributed by atoms with van der Waals surface area (Å²) in [6.45, 7) is 0.983. The van der Waals surface area contributed by atoms with Gasteiger partial charge in [0.15, 0.2) is 0 Å². The molecule has 0 bridgehead atoms. The Balaban J connectivity index is 1.70. The molecule has 0 saturated heterocycles. The van der Waals surface area contributed by atoms with Crippen LogP contribution in [0.2, 0.25) is 0 Å². The van der Waals surface area contributed by atoms with Crippen molar-refractivity contribution in [2.75, 3.05) is 11.4 Å². The minimum atomic E-state index is 0.865. The third kappa shape index (κ3) is 2.73. The Morgan fingerprint density at radius 3 is 2.22 bits per heavy atom. The van der Waals surface area contributed by atoms with Crippen LogP contribution < -0.4 is 4.90 Å². The normalized spacial score (nSPS) is 13.5. The standard InChI is InChI=1S/C20H17N3/c1-2-9-17(10-3-1)21-22-18-11-5-7-13-20(18)23-15-14-16-8-4-6-12-19(16)23/h1-13H,14-15H2.